The van der Waals surface area contributed by atoms with Crippen molar-refractivity contribution in [3.63, 3.8) is 0 Å². The van der Waals surface area contributed by atoms with Crippen molar-refractivity contribution in [2.45, 2.75) is 36.9 Å². The zero-order chi connectivity index (χ0) is 20.0. The van der Waals surface area contributed by atoms with Crippen LogP contribution in [0.4, 0.5) is 0 Å². The SMILES string of the molecule is O=C(O)CC(O)(CC(=O)OC(CC(=O)O)(CC(=O)O)C(=O)O)C(=O)O.[AlH3].[AlH3].[AlH3].[AlH3]. The third-order valence-electron chi connectivity index (χ3n) is 2.85. The van der Waals surface area contributed by atoms with Gasteiger partial charge >= 0.3 is 35.8 Å². The topological polar surface area (TPSA) is 233 Å². The molecule has 0 bridgehead atoms. The molecule has 0 saturated heterocycles. The largest absolute Gasteiger partial charge is 0.481 e. The van der Waals surface area contributed by atoms with E-state index < -0.39 is 72.7 Å². The number of rotatable bonds is 11. The summed E-state index contributed by atoms with van der Waals surface area (Å²) in [5.41, 5.74) is -6.24. The molecule has 164 valence electrons. The second-order valence-corrected chi connectivity index (χ2v) is 5.00. The lowest BCUT2D eigenvalue weighted by Crippen LogP contribution is -2.49. The van der Waals surface area contributed by atoms with E-state index in [-0.39, 0.29) is 69.4 Å². The minimum atomic E-state index is -3.17. The highest BCUT2D eigenvalue weighted by Gasteiger charge is 2.49. The van der Waals surface area contributed by atoms with Crippen LogP contribution in [-0.2, 0) is 33.5 Å². The molecule has 0 aliphatic rings. The van der Waals surface area contributed by atoms with Gasteiger partial charge in [0.2, 0.25) is 5.60 Å². The highest BCUT2D eigenvalue weighted by atomic mass is 27.0. The minimum Gasteiger partial charge on any atom is -0.481 e. The maximum atomic E-state index is 11.7. The second-order valence-electron chi connectivity index (χ2n) is 5.00. The lowest BCUT2D eigenvalue weighted by molar-refractivity contribution is -0.191. The predicted octanol–water partition coefficient (Wildman–Crippen LogP) is -6.75. The van der Waals surface area contributed by atoms with Gasteiger partial charge in [0.05, 0.1) is 25.7 Å². The van der Waals surface area contributed by atoms with Crippen LogP contribution in [-0.4, -0.2) is 147 Å². The first-order valence-electron chi connectivity index (χ1n) is 6.30. The average Bonchev–Trinajstić information content (AvgIpc) is 2.34. The molecule has 0 heterocycles. The van der Waals surface area contributed by atoms with E-state index >= 15 is 0 Å². The number of ether oxygens (including phenoxy) is 1. The lowest BCUT2D eigenvalue weighted by Gasteiger charge is -2.28. The van der Waals surface area contributed by atoms with Gasteiger partial charge < -0.3 is 35.4 Å². The Balaban J connectivity index is -0.000000480. The van der Waals surface area contributed by atoms with E-state index in [2.05, 4.69) is 4.74 Å². The molecule has 0 radical (unpaired) electrons. The van der Waals surface area contributed by atoms with Crippen LogP contribution in [0.25, 0.3) is 0 Å². The van der Waals surface area contributed by atoms with Gasteiger partial charge in [0.25, 0.3) is 0 Å². The van der Waals surface area contributed by atoms with Gasteiger partial charge in [-0.05, 0) is 0 Å². The number of carbonyl (C=O) groups excluding carboxylic acids is 1. The molecule has 0 aromatic heterocycles. The van der Waals surface area contributed by atoms with Crippen LogP contribution in [0.5, 0.6) is 0 Å². The number of carboxylic acids is 5. The summed E-state index contributed by atoms with van der Waals surface area (Å²) in [5.74, 6) is -11.6. The summed E-state index contributed by atoms with van der Waals surface area (Å²) in [7, 11) is 0. The average molecular weight is 486 g/mol. The predicted molar refractivity (Wildman–Crippen MR) is 110 cm³/mol. The van der Waals surface area contributed by atoms with Gasteiger partial charge in [-0.25, -0.2) is 9.59 Å². The van der Waals surface area contributed by atoms with E-state index in [4.69, 9.17) is 25.5 Å². The van der Waals surface area contributed by atoms with Gasteiger partial charge in [0, 0.05) is 0 Å². The molecule has 0 aliphatic heterocycles. The Morgan fingerprint density at radius 3 is 1.17 bits per heavy atom. The van der Waals surface area contributed by atoms with Crippen molar-refractivity contribution in [2.75, 3.05) is 0 Å². The number of hydrogen-bond acceptors (Lipinski definition) is 8. The van der Waals surface area contributed by atoms with Crippen LogP contribution in [0.15, 0.2) is 0 Å². The number of aliphatic hydroxyl groups is 1. The molecule has 0 fully saturated rings. The summed E-state index contributed by atoms with van der Waals surface area (Å²) < 4.78 is 4.33. The molecule has 0 saturated carbocycles. The molecular weight excluding hydrogens is 460 g/mol. The van der Waals surface area contributed by atoms with Crippen molar-refractivity contribution in [3.05, 3.63) is 0 Å². The Bertz CT molecular complexity index is 607. The monoisotopic (exact) mass is 486 g/mol. The van der Waals surface area contributed by atoms with Crippen molar-refractivity contribution in [2.24, 2.45) is 0 Å². The van der Waals surface area contributed by atoms with Crippen LogP contribution >= 0.6 is 0 Å². The minimum absolute atomic E-state index is 0. The quantitative estimate of drug-likeness (QED) is 0.118. The van der Waals surface area contributed by atoms with Gasteiger partial charge in [-0.1, -0.05) is 0 Å². The lowest BCUT2D eigenvalue weighted by atomic mass is 9.93. The van der Waals surface area contributed by atoms with Gasteiger partial charge in [-0.15, -0.1) is 0 Å². The highest BCUT2D eigenvalue weighted by Crippen LogP contribution is 2.25. The van der Waals surface area contributed by atoms with E-state index in [0.717, 1.165) is 0 Å². The molecule has 1 atom stereocenters. The van der Waals surface area contributed by atoms with Crippen molar-refractivity contribution < 1.29 is 64.1 Å². The Labute approximate surface area is 205 Å². The smallest absolute Gasteiger partial charge is 0.349 e. The van der Waals surface area contributed by atoms with E-state index in [1.165, 1.54) is 0 Å². The van der Waals surface area contributed by atoms with Crippen LogP contribution in [0.2, 0.25) is 0 Å². The van der Waals surface area contributed by atoms with E-state index in [1.807, 2.05) is 0 Å². The standard InChI is InChI=1S/C12H14O13.4Al.12H/c13-5(14)1-11(24,9(20)21)4-8(19)25-12(10(22)23,2-6(15)16)3-7(17)18;;;;;;;;;;;;;;;;/h24H,1-4H2,(H,13,14)(H,15,16)(H,17,18)(H,20,21)(H,22,23);;;;;;;;;;;;;;;;. The zero-order valence-corrected chi connectivity index (χ0v) is 12.4. The van der Waals surface area contributed by atoms with Gasteiger partial charge in [-0.2, -0.15) is 0 Å². The molecule has 1 unspecified atom stereocenters. The first-order valence-corrected chi connectivity index (χ1v) is 6.30. The molecular formula is C12H26Al4O13. The van der Waals surface area contributed by atoms with E-state index in [1.54, 1.807) is 0 Å². The number of carboxylic acid groups (broad SMARTS) is 5. The molecule has 13 nitrogen and oxygen atoms in total. The van der Waals surface area contributed by atoms with E-state index in [9.17, 15) is 33.9 Å². The Morgan fingerprint density at radius 1 is 0.586 bits per heavy atom. The number of esters is 1. The fourth-order valence-corrected chi connectivity index (χ4v) is 1.77. The maximum Gasteiger partial charge on any atom is 0.349 e. The fourth-order valence-electron chi connectivity index (χ4n) is 1.77. The van der Waals surface area contributed by atoms with Crippen molar-refractivity contribution in [1.29, 1.82) is 0 Å². The Kier molecular flexibility index (Phi) is 20.9. The third kappa shape index (κ3) is 12.9. The summed E-state index contributed by atoms with van der Waals surface area (Å²) in [6.45, 7) is 0. The zero-order valence-electron chi connectivity index (χ0n) is 12.4. The van der Waals surface area contributed by atoms with Crippen LogP contribution < -0.4 is 0 Å². The summed E-state index contributed by atoms with van der Waals surface area (Å²) in [6, 6.07) is 0. The van der Waals surface area contributed by atoms with Crippen LogP contribution in [0, 0.1) is 0 Å². The molecule has 0 aliphatic carbocycles. The summed E-state index contributed by atoms with van der Waals surface area (Å²) >= 11 is 0. The number of hydrogen-bond donors (Lipinski definition) is 6. The van der Waals surface area contributed by atoms with Crippen molar-refractivity contribution >= 4 is 105 Å². The fraction of sp³-hybridized carbons (Fsp3) is 0.500. The Morgan fingerprint density at radius 2 is 0.931 bits per heavy atom. The summed E-state index contributed by atoms with van der Waals surface area (Å²) in [4.78, 5) is 66.0. The molecule has 0 aromatic rings. The van der Waals surface area contributed by atoms with Crippen LogP contribution in [0.3, 0.4) is 0 Å². The van der Waals surface area contributed by atoms with Gasteiger partial charge in [0.1, 0.15) is 0 Å². The molecule has 0 rings (SSSR count). The molecule has 6 N–H and O–H groups in total. The molecule has 0 amide bonds. The van der Waals surface area contributed by atoms with Gasteiger partial charge in [-0.3, -0.25) is 19.2 Å². The number of carbonyl (C=O) groups is 6. The summed E-state index contributed by atoms with van der Waals surface area (Å²) in [5, 5.41) is 53.5. The maximum absolute atomic E-state index is 11.7. The third-order valence-corrected chi connectivity index (χ3v) is 2.85. The Hall–Kier alpha value is -1.09. The van der Waals surface area contributed by atoms with Crippen molar-refractivity contribution in [3.8, 4) is 0 Å². The summed E-state index contributed by atoms with van der Waals surface area (Å²) in [6.07, 6.45) is -5.94. The molecule has 17 heteroatoms. The molecule has 0 spiro atoms. The van der Waals surface area contributed by atoms with Crippen molar-refractivity contribution in [1.82, 2.24) is 0 Å². The van der Waals surface area contributed by atoms with E-state index in [0.29, 0.717) is 0 Å². The highest BCUT2D eigenvalue weighted by molar-refractivity contribution is 5.93. The second kappa shape index (κ2) is 15.7. The molecule has 0 aromatic carbocycles. The normalized spacial score (nSPS) is 11.5. The first-order chi connectivity index (χ1) is 11.2. The van der Waals surface area contributed by atoms with Crippen LogP contribution in [0.1, 0.15) is 25.7 Å². The molecule has 29 heavy (non-hydrogen) atoms. The number of aliphatic carboxylic acids is 5. The first kappa shape index (κ1) is 38.5. The van der Waals surface area contributed by atoms with Gasteiger partial charge in [0.15, 0.2) is 75.0 Å².